The maximum Gasteiger partial charge on any atom is 0.186 e. The fraction of sp³-hybridized carbons (Fsp3) is 0.559. The van der Waals surface area contributed by atoms with Gasteiger partial charge in [-0.25, -0.2) is 14.6 Å². The molecule has 0 spiro atoms. The van der Waals surface area contributed by atoms with Crippen molar-refractivity contribution in [1.82, 2.24) is 29.8 Å². The third-order valence-electron chi connectivity index (χ3n) is 10.1. The van der Waals surface area contributed by atoms with Gasteiger partial charge in [0, 0.05) is 35.5 Å². The normalized spacial score (nSPS) is 22.2. The summed E-state index contributed by atoms with van der Waals surface area (Å²) in [6.07, 6.45) is 11.1. The number of nitriles is 1. The summed E-state index contributed by atoms with van der Waals surface area (Å²) < 4.78 is 8.28. The van der Waals surface area contributed by atoms with E-state index in [0.29, 0.717) is 34.0 Å². The Hall–Kier alpha value is -3.75. The molecule has 2 aliphatic heterocycles. The number of piperidine rings is 1. The summed E-state index contributed by atoms with van der Waals surface area (Å²) in [5.41, 5.74) is 11.4. The Kier molecular flexibility index (Phi) is 8.12. The Bertz CT molecular complexity index is 1780. The first kappa shape index (κ1) is 29.9. The van der Waals surface area contributed by atoms with Crippen LogP contribution < -0.4 is 10.6 Å². The van der Waals surface area contributed by atoms with Crippen LogP contribution in [0.3, 0.4) is 0 Å². The Labute approximate surface area is 268 Å². The SMILES string of the molecule is C=Cc1nn(CC2CCCN2C)c2nc(-c3noc4c3CCCC4c3c(CCC)sc(N)c3C#N)nc(N3CCCC(C)C3)c12. The van der Waals surface area contributed by atoms with Crippen molar-refractivity contribution in [3.05, 3.63) is 39.6 Å². The van der Waals surface area contributed by atoms with Crippen molar-refractivity contribution in [3.8, 4) is 17.6 Å². The van der Waals surface area contributed by atoms with Gasteiger partial charge in [-0.2, -0.15) is 10.4 Å². The van der Waals surface area contributed by atoms with Gasteiger partial charge in [0.2, 0.25) is 0 Å². The van der Waals surface area contributed by atoms with E-state index in [1.807, 2.05) is 6.08 Å². The molecular formula is C34H43N9OS. The van der Waals surface area contributed by atoms with Crippen LogP contribution in [0.2, 0.25) is 0 Å². The number of anilines is 2. The monoisotopic (exact) mass is 625 g/mol. The van der Waals surface area contributed by atoms with Gasteiger partial charge in [-0.3, -0.25) is 0 Å². The minimum Gasteiger partial charge on any atom is -0.389 e. The van der Waals surface area contributed by atoms with E-state index in [-0.39, 0.29) is 5.92 Å². The molecule has 11 heteroatoms. The number of aromatic nitrogens is 5. The first-order valence-corrected chi connectivity index (χ1v) is 17.4. The molecule has 4 aromatic heterocycles. The van der Waals surface area contributed by atoms with Crippen LogP contribution >= 0.6 is 11.3 Å². The number of hydrogen-bond acceptors (Lipinski definition) is 10. The highest BCUT2D eigenvalue weighted by Crippen LogP contribution is 2.46. The van der Waals surface area contributed by atoms with Crippen LogP contribution in [0, 0.1) is 17.2 Å². The number of likely N-dealkylation sites (N-methyl/N-ethyl adjacent to an activating group) is 1. The van der Waals surface area contributed by atoms with Gasteiger partial charge in [0.25, 0.3) is 0 Å². The number of nitrogen functional groups attached to an aromatic ring is 1. The molecule has 7 rings (SSSR count). The first-order chi connectivity index (χ1) is 21.9. The fourth-order valence-corrected chi connectivity index (χ4v) is 8.97. The van der Waals surface area contributed by atoms with E-state index in [2.05, 4.69) is 53.2 Å². The number of nitrogens with zero attached hydrogens (tertiary/aromatic N) is 8. The molecule has 0 radical (unpaired) electrons. The number of fused-ring (bicyclic) bond motifs is 2. The summed E-state index contributed by atoms with van der Waals surface area (Å²) in [5.74, 6) is 2.84. The van der Waals surface area contributed by atoms with Crippen LogP contribution in [0.25, 0.3) is 28.6 Å². The number of rotatable bonds is 8. The van der Waals surface area contributed by atoms with Crippen LogP contribution in [0.5, 0.6) is 0 Å². The van der Waals surface area contributed by atoms with E-state index >= 15 is 0 Å². The second-order valence-corrected chi connectivity index (χ2v) is 14.3. The molecule has 2 saturated heterocycles. The number of hydrogen-bond donors (Lipinski definition) is 1. The second kappa shape index (κ2) is 12.2. The van der Waals surface area contributed by atoms with Crippen molar-refractivity contribution in [2.24, 2.45) is 5.92 Å². The van der Waals surface area contributed by atoms with Gasteiger partial charge in [-0.1, -0.05) is 32.0 Å². The maximum atomic E-state index is 10.1. The molecule has 3 atom stereocenters. The fourth-order valence-electron chi connectivity index (χ4n) is 7.79. The van der Waals surface area contributed by atoms with Crippen LogP contribution in [0.4, 0.5) is 10.8 Å². The van der Waals surface area contributed by atoms with Gasteiger partial charge in [-0.05, 0) is 82.5 Å². The zero-order chi connectivity index (χ0) is 31.2. The van der Waals surface area contributed by atoms with Crippen molar-refractivity contribution in [2.45, 2.75) is 90.1 Å². The predicted molar refractivity (Wildman–Crippen MR) is 179 cm³/mol. The van der Waals surface area contributed by atoms with Crippen LogP contribution in [-0.2, 0) is 19.4 Å². The third-order valence-corrected chi connectivity index (χ3v) is 11.2. The number of thiophene rings is 1. The standard InChI is InChI=1S/C34H43N9OS/c1-5-10-26-27(24(17-35)31(36)45-26)22-13-7-14-23-29(40-44-30(22)23)32-37-33(42-16-8-11-20(3)18-42)28-25(6-2)39-43(34(28)38-32)19-21-12-9-15-41(21)4/h6,20-22H,2,5,7-16,18-19,36H2,1,3-4H3. The summed E-state index contributed by atoms with van der Waals surface area (Å²) in [4.78, 5) is 16.5. The quantitative estimate of drug-likeness (QED) is 0.237. The van der Waals surface area contributed by atoms with Gasteiger partial charge in [0.1, 0.15) is 22.6 Å². The summed E-state index contributed by atoms with van der Waals surface area (Å²) in [6, 6.07) is 2.81. The summed E-state index contributed by atoms with van der Waals surface area (Å²) in [6.45, 7) is 12.3. The molecule has 2 fully saturated rings. The van der Waals surface area contributed by atoms with Crippen molar-refractivity contribution < 1.29 is 4.52 Å². The summed E-state index contributed by atoms with van der Waals surface area (Å²) >= 11 is 1.54. The molecule has 3 aliphatic rings. The summed E-state index contributed by atoms with van der Waals surface area (Å²) in [5, 5.41) is 21.4. The van der Waals surface area contributed by atoms with E-state index in [9.17, 15) is 5.26 Å². The minimum atomic E-state index is -0.0540. The average molecular weight is 626 g/mol. The summed E-state index contributed by atoms with van der Waals surface area (Å²) in [7, 11) is 2.20. The lowest BCUT2D eigenvalue weighted by molar-refractivity contribution is 0.276. The van der Waals surface area contributed by atoms with Gasteiger partial charge in [0.05, 0.1) is 23.2 Å². The zero-order valence-electron chi connectivity index (χ0n) is 26.7. The Morgan fingerprint density at radius 1 is 1.18 bits per heavy atom. The maximum absolute atomic E-state index is 10.1. The number of aryl methyl sites for hydroxylation is 1. The lowest BCUT2D eigenvalue weighted by Gasteiger charge is -2.32. The molecule has 10 nitrogen and oxygen atoms in total. The average Bonchev–Trinajstić information content (AvgIpc) is 3.81. The van der Waals surface area contributed by atoms with Crippen LogP contribution in [0.15, 0.2) is 11.1 Å². The predicted octanol–water partition coefficient (Wildman–Crippen LogP) is 6.39. The van der Waals surface area contributed by atoms with E-state index in [0.717, 1.165) is 111 Å². The van der Waals surface area contributed by atoms with Crippen molar-refractivity contribution in [2.75, 3.05) is 37.3 Å². The first-order valence-electron chi connectivity index (χ1n) is 16.6. The van der Waals surface area contributed by atoms with Crippen molar-refractivity contribution in [1.29, 1.82) is 5.26 Å². The van der Waals surface area contributed by atoms with Gasteiger partial charge < -0.3 is 20.1 Å². The molecular weight excluding hydrogens is 583 g/mol. The number of likely N-dealkylation sites (tertiary alicyclic amines) is 1. The smallest absolute Gasteiger partial charge is 0.186 e. The second-order valence-electron chi connectivity index (χ2n) is 13.2. The largest absolute Gasteiger partial charge is 0.389 e. The molecule has 6 heterocycles. The molecule has 4 aromatic rings. The molecule has 236 valence electrons. The minimum absolute atomic E-state index is 0.0540. The molecule has 0 saturated carbocycles. The van der Waals surface area contributed by atoms with Gasteiger partial charge in [-0.15, -0.1) is 11.3 Å². The van der Waals surface area contributed by atoms with Gasteiger partial charge in [0.15, 0.2) is 17.2 Å². The number of nitrogens with two attached hydrogens (primary N) is 1. The molecule has 1 aliphatic carbocycles. The Morgan fingerprint density at radius 2 is 2.02 bits per heavy atom. The zero-order valence-corrected chi connectivity index (χ0v) is 27.5. The van der Waals surface area contributed by atoms with E-state index in [1.54, 1.807) is 11.3 Å². The molecule has 0 aromatic carbocycles. The molecule has 3 unspecified atom stereocenters. The highest BCUT2D eigenvalue weighted by atomic mass is 32.1. The van der Waals surface area contributed by atoms with Crippen molar-refractivity contribution in [3.63, 3.8) is 0 Å². The van der Waals surface area contributed by atoms with E-state index in [1.165, 1.54) is 17.7 Å². The highest BCUT2D eigenvalue weighted by molar-refractivity contribution is 7.16. The Balaban J connectivity index is 1.38. The molecule has 0 bridgehead atoms. The topological polar surface area (TPSA) is 126 Å². The van der Waals surface area contributed by atoms with Gasteiger partial charge >= 0.3 is 0 Å². The van der Waals surface area contributed by atoms with Crippen LogP contribution in [-0.4, -0.2) is 62.5 Å². The van der Waals surface area contributed by atoms with E-state index < -0.39 is 0 Å². The Morgan fingerprint density at radius 3 is 2.76 bits per heavy atom. The highest BCUT2D eigenvalue weighted by Gasteiger charge is 2.36. The van der Waals surface area contributed by atoms with E-state index in [4.69, 9.17) is 25.3 Å². The molecule has 0 amide bonds. The lowest BCUT2D eigenvalue weighted by atomic mass is 9.81. The lowest BCUT2D eigenvalue weighted by Crippen LogP contribution is -2.35. The third kappa shape index (κ3) is 5.22. The van der Waals surface area contributed by atoms with Crippen molar-refractivity contribution >= 4 is 39.3 Å². The van der Waals surface area contributed by atoms with Crippen LogP contribution in [0.1, 0.15) is 97.7 Å². The molecule has 45 heavy (non-hydrogen) atoms. The molecule has 2 N–H and O–H groups in total.